The number of hydrogen-bond acceptors (Lipinski definition) is 3. The van der Waals surface area contributed by atoms with E-state index in [9.17, 15) is 8.42 Å². The lowest BCUT2D eigenvalue weighted by Gasteiger charge is -2.12. The van der Waals surface area contributed by atoms with Crippen LogP contribution in [-0.4, -0.2) is 32.5 Å². The van der Waals surface area contributed by atoms with Gasteiger partial charge in [0.25, 0.3) is 0 Å². The quantitative estimate of drug-likeness (QED) is 0.646. The summed E-state index contributed by atoms with van der Waals surface area (Å²) in [6, 6.07) is 0. The zero-order chi connectivity index (χ0) is 9.24. The summed E-state index contributed by atoms with van der Waals surface area (Å²) >= 11 is 0. The van der Waals surface area contributed by atoms with Crippen LogP contribution in [0.25, 0.3) is 0 Å². The minimum atomic E-state index is -2.83. The molecule has 0 radical (unpaired) electrons. The summed E-state index contributed by atoms with van der Waals surface area (Å²) in [7, 11) is -2.83. The Morgan fingerprint density at radius 2 is 2.00 bits per heavy atom. The molecule has 0 atom stereocenters. The monoisotopic (exact) mass is 191 g/mol. The van der Waals surface area contributed by atoms with Gasteiger partial charge >= 0.3 is 0 Å². The summed E-state index contributed by atoms with van der Waals surface area (Å²) in [5, 5.41) is 3.17. The molecule has 0 aromatic rings. The van der Waals surface area contributed by atoms with Crippen molar-refractivity contribution in [2.24, 2.45) is 0 Å². The van der Waals surface area contributed by atoms with Gasteiger partial charge in [0, 0.05) is 12.8 Å². The first kappa shape index (κ1) is 9.99. The van der Waals surface area contributed by atoms with Crippen molar-refractivity contribution in [2.45, 2.75) is 30.9 Å². The molecule has 1 aliphatic carbocycles. The lowest BCUT2D eigenvalue weighted by molar-refractivity contribution is 0.564. The van der Waals surface area contributed by atoms with Gasteiger partial charge in [-0.2, -0.15) is 0 Å². The van der Waals surface area contributed by atoms with Crippen molar-refractivity contribution in [3.05, 3.63) is 0 Å². The van der Waals surface area contributed by atoms with E-state index in [0.29, 0.717) is 6.54 Å². The summed E-state index contributed by atoms with van der Waals surface area (Å²) in [6.45, 7) is 3.63. The van der Waals surface area contributed by atoms with Crippen molar-refractivity contribution in [2.75, 3.05) is 19.3 Å². The molecule has 1 N–H and O–H groups in total. The van der Waals surface area contributed by atoms with E-state index >= 15 is 0 Å². The molecule has 4 heteroatoms. The van der Waals surface area contributed by atoms with Crippen molar-refractivity contribution < 1.29 is 8.42 Å². The van der Waals surface area contributed by atoms with Crippen LogP contribution in [0.2, 0.25) is 0 Å². The minimum absolute atomic E-state index is 0.401. The standard InChI is InChI=1S/C8H17NO2S/c1-3-6-9-7-8(4-5-8)12(2,10)11/h9H,3-7H2,1-2H3. The number of sulfone groups is 1. The molecule has 12 heavy (non-hydrogen) atoms. The fourth-order valence-electron chi connectivity index (χ4n) is 1.31. The molecule has 0 aromatic carbocycles. The Labute approximate surface area is 74.5 Å². The summed E-state index contributed by atoms with van der Waals surface area (Å²) < 4.78 is 22.1. The first-order valence-corrected chi connectivity index (χ1v) is 6.31. The van der Waals surface area contributed by atoms with Crippen LogP contribution < -0.4 is 5.32 Å². The molecule has 0 aliphatic heterocycles. The Morgan fingerprint density at radius 3 is 2.33 bits per heavy atom. The summed E-state index contributed by atoms with van der Waals surface area (Å²) in [6.07, 6.45) is 4.07. The predicted octanol–water partition coefficient (Wildman–Crippen LogP) is 0.563. The van der Waals surface area contributed by atoms with E-state index in [1.54, 1.807) is 0 Å². The molecule has 0 heterocycles. The second-order valence-corrected chi connectivity index (χ2v) is 6.04. The van der Waals surface area contributed by atoms with Crippen LogP contribution in [0.15, 0.2) is 0 Å². The highest BCUT2D eigenvalue weighted by Gasteiger charge is 2.51. The van der Waals surface area contributed by atoms with Crippen LogP contribution in [0.3, 0.4) is 0 Å². The third kappa shape index (κ3) is 1.98. The van der Waals surface area contributed by atoms with Crippen molar-refractivity contribution in [1.29, 1.82) is 0 Å². The predicted molar refractivity (Wildman–Crippen MR) is 50.0 cm³/mol. The molecule has 0 aromatic heterocycles. The normalized spacial score (nSPS) is 20.8. The maximum atomic E-state index is 11.3. The fraction of sp³-hybridized carbons (Fsp3) is 1.00. The lowest BCUT2D eigenvalue weighted by Crippen LogP contribution is -2.35. The van der Waals surface area contributed by atoms with Crippen LogP contribution in [0, 0.1) is 0 Å². The average Bonchev–Trinajstić information content (AvgIpc) is 2.67. The fourth-order valence-corrected chi connectivity index (χ4v) is 2.52. The molecule has 0 amide bonds. The molecular formula is C8H17NO2S. The van der Waals surface area contributed by atoms with Crippen LogP contribution >= 0.6 is 0 Å². The third-order valence-electron chi connectivity index (χ3n) is 2.47. The van der Waals surface area contributed by atoms with Crippen LogP contribution in [0.5, 0.6) is 0 Å². The Morgan fingerprint density at radius 1 is 1.42 bits per heavy atom. The topological polar surface area (TPSA) is 46.2 Å². The molecule has 1 saturated carbocycles. The molecule has 3 nitrogen and oxygen atoms in total. The Hall–Kier alpha value is -0.0900. The molecule has 1 fully saturated rings. The van der Waals surface area contributed by atoms with E-state index < -0.39 is 14.6 Å². The van der Waals surface area contributed by atoms with Gasteiger partial charge < -0.3 is 5.32 Å². The molecule has 0 saturated heterocycles. The van der Waals surface area contributed by atoms with Crippen molar-refractivity contribution >= 4 is 9.84 Å². The van der Waals surface area contributed by atoms with Gasteiger partial charge in [-0.1, -0.05) is 6.92 Å². The summed E-state index contributed by atoms with van der Waals surface area (Å²) in [4.78, 5) is 0. The van der Waals surface area contributed by atoms with Crippen molar-refractivity contribution in [3.8, 4) is 0 Å². The number of rotatable bonds is 5. The second-order valence-electron chi connectivity index (χ2n) is 3.63. The highest BCUT2D eigenvalue weighted by atomic mass is 32.2. The Balaban J connectivity index is 2.41. The first-order valence-electron chi connectivity index (χ1n) is 4.42. The van der Waals surface area contributed by atoms with Crippen LogP contribution in [0.1, 0.15) is 26.2 Å². The van der Waals surface area contributed by atoms with E-state index in [1.807, 2.05) is 0 Å². The van der Waals surface area contributed by atoms with Gasteiger partial charge in [0.15, 0.2) is 9.84 Å². The van der Waals surface area contributed by atoms with Gasteiger partial charge in [0.1, 0.15) is 0 Å². The Kier molecular flexibility index (Phi) is 2.78. The SMILES string of the molecule is CCCNCC1(S(C)(=O)=O)CC1. The smallest absolute Gasteiger partial charge is 0.154 e. The van der Waals surface area contributed by atoms with Gasteiger partial charge in [-0.15, -0.1) is 0 Å². The third-order valence-corrected chi connectivity index (χ3v) is 4.59. The maximum Gasteiger partial charge on any atom is 0.154 e. The highest BCUT2D eigenvalue weighted by molar-refractivity contribution is 7.92. The van der Waals surface area contributed by atoms with E-state index in [4.69, 9.17) is 0 Å². The van der Waals surface area contributed by atoms with Crippen LogP contribution in [0.4, 0.5) is 0 Å². The van der Waals surface area contributed by atoms with Gasteiger partial charge in [0.05, 0.1) is 4.75 Å². The van der Waals surface area contributed by atoms with E-state index in [2.05, 4.69) is 12.2 Å². The van der Waals surface area contributed by atoms with E-state index in [0.717, 1.165) is 25.8 Å². The highest BCUT2D eigenvalue weighted by Crippen LogP contribution is 2.42. The van der Waals surface area contributed by atoms with Crippen molar-refractivity contribution in [1.82, 2.24) is 5.32 Å². The molecular weight excluding hydrogens is 174 g/mol. The molecule has 0 spiro atoms. The van der Waals surface area contributed by atoms with Crippen LogP contribution in [-0.2, 0) is 9.84 Å². The zero-order valence-electron chi connectivity index (χ0n) is 7.76. The number of hydrogen-bond donors (Lipinski definition) is 1. The average molecular weight is 191 g/mol. The molecule has 1 aliphatic rings. The molecule has 72 valence electrons. The van der Waals surface area contributed by atoms with Gasteiger partial charge in [-0.25, -0.2) is 8.42 Å². The summed E-state index contributed by atoms with van der Waals surface area (Å²) in [5.74, 6) is 0. The van der Waals surface area contributed by atoms with E-state index in [-0.39, 0.29) is 0 Å². The lowest BCUT2D eigenvalue weighted by atomic mass is 10.4. The van der Waals surface area contributed by atoms with Gasteiger partial charge in [0.2, 0.25) is 0 Å². The Bertz CT molecular complexity index is 242. The number of nitrogens with one attached hydrogen (secondary N) is 1. The first-order chi connectivity index (χ1) is 5.52. The minimum Gasteiger partial charge on any atom is -0.315 e. The van der Waals surface area contributed by atoms with Gasteiger partial charge in [-0.3, -0.25) is 0 Å². The largest absolute Gasteiger partial charge is 0.315 e. The van der Waals surface area contributed by atoms with Crippen molar-refractivity contribution in [3.63, 3.8) is 0 Å². The summed E-state index contributed by atoms with van der Waals surface area (Å²) in [5.41, 5.74) is 0. The molecule has 0 bridgehead atoms. The van der Waals surface area contributed by atoms with Gasteiger partial charge in [-0.05, 0) is 25.8 Å². The molecule has 1 rings (SSSR count). The zero-order valence-corrected chi connectivity index (χ0v) is 8.58. The second kappa shape index (κ2) is 3.34. The molecule has 0 unspecified atom stereocenters. The van der Waals surface area contributed by atoms with E-state index in [1.165, 1.54) is 6.26 Å². The maximum absolute atomic E-state index is 11.3.